The predicted octanol–water partition coefficient (Wildman–Crippen LogP) is 1.74. The standard InChI is InChI=1S/C14H21NO3/c1-10-3-5-12(6-4-10)7-8-13(14(16)17)18-11(2)9-15/h3-6,11,13H,7-9,15H2,1-2H3,(H,16,17). The maximum absolute atomic E-state index is 11.1. The van der Waals surface area contributed by atoms with E-state index in [2.05, 4.69) is 0 Å². The van der Waals surface area contributed by atoms with Crippen molar-refractivity contribution < 1.29 is 14.6 Å². The average Bonchev–Trinajstić information content (AvgIpc) is 2.35. The zero-order valence-electron chi connectivity index (χ0n) is 10.9. The molecule has 0 fully saturated rings. The highest BCUT2D eigenvalue weighted by atomic mass is 16.5. The molecule has 2 atom stereocenters. The van der Waals surface area contributed by atoms with Crippen molar-refractivity contribution >= 4 is 5.97 Å². The van der Waals surface area contributed by atoms with Crippen molar-refractivity contribution in [2.75, 3.05) is 6.54 Å². The van der Waals surface area contributed by atoms with Gasteiger partial charge in [0.05, 0.1) is 6.10 Å². The largest absolute Gasteiger partial charge is 0.479 e. The number of hydrogen-bond donors (Lipinski definition) is 2. The van der Waals surface area contributed by atoms with Crippen LogP contribution in [0.3, 0.4) is 0 Å². The number of aryl methyl sites for hydroxylation is 2. The predicted molar refractivity (Wildman–Crippen MR) is 70.5 cm³/mol. The smallest absolute Gasteiger partial charge is 0.332 e. The molecule has 100 valence electrons. The lowest BCUT2D eigenvalue weighted by atomic mass is 10.1. The van der Waals surface area contributed by atoms with Gasteiger partial charge in [-0.1, -0.05) is 29.8 Å². The lowest BCUT2D eigenvalue weighted by Crippen LogP contribution is -2.32. The Labute approximate surface area is 108 Å². The summed E-state index contributed by atoms with van der Waals surface area (Å²) >= 11 is 0. The molecule has 0 radical (unpaired) electrons. The summed E-state index contributed by atoms with van der Waals surface area (Å²) in [6.45, 7) is 4.13. The summed E-state index contributed by atoms with van der Waals surface area (Å²) in [5, 5.41) is 9.07. The lowest BCUT2D eigenvalue weighted by molar-refractivity contribution is -0.153. The Morgan fingerprint density at radius 1 is 1.39 bits per heavy atom. The summed E-state index contributed by atoms with van der Waals surface area (Å²) < 4.78 is 5.38. The molecule has 0 aliphatic rings. The van der Waals surface area contributed by atoms with Gasteiger partial charge in [0.2, 0.25) is 0 Å². The number of hydrogen-bond acceptors (Lipinski definition) is 3. The number of aliphatic carboxylic acids is 1. The van der Waals surface area contributed by atoms with Gasteiger partial charge in [0.1, 0.15) is 0 Å². The van der Waals surface area contributed by atoms with Crippen LogP contribution >= 0.6 is 0 Å². The van der Waals surface area contributed by atoms with E-state index in [1.54, 1.807) is 6.92 Å². The molecule has 0 saturated carbocycles. The zero-order chi connectivity index (χ0) is 13.5. The van der Waals surface area contributed by atoms with Crippen molar-refractivity contribution in [1.82, 2.24) is 0 Å². The molecule has 18 heavy (non-hydrogen) atoms. The van der Waals surface area contributed by atoms with Crippen molar-refractivity contribution in [2.45, 2.75) is 38.9 Å². The van der Waals surface area contributed by atoms with Crippen LogP contribution in [0.2, 0.25) is 0 Å². The van der Waals surface area contributed by atoms with E-state index >= 15 is 0 Å². The minimum absolute atomic E-state index is 0.232. The van der Waals surface area contributed by atoms with Crippen LogP contribution in [-0.2, 0) is 16.0 Å². The Hall–Kier alpha value is -1.39. The van der Waals surface area contributed by atoms with Crippen LogP contribution in [-0.4, -0.2) is 29.8 Å². The van der Waals surface area contributed by atoms with Crippen LogP contribution < -0.4 is 5.73 Å². The summed E-state index contributed by atoms with van der Waals surface area (Å²) in [6, 6.07) is 8.07. The van der Waals surface area contributed by atoms with Gasteiger partial charge < -0.3 is 15.6 Å². The first-order valence-corrected chi connectivity index (χ1v) is 6.16. The number of benzene rings is 1. The fraction of sp³-hybridized carbons (Fsp3) is 0.500. The van der Waals surface area contributed by atoms with Crippen LogP contribution in [0.5, 0.6) is 0 Å². The third-order valence-electron chi connectivity index (χ3n) is 2.82. The van der Waals surface area contributed by atoms with Crippen molar-refractivity contribution in [1.29, 1.82) is 0 Å². The Morgan fingerprint density at radius 3 is 2.50 bits per heavy atom. The number of carbonyl (C=O) groups is 1. The molecule has 0 aromatic heterocycles. The second kappa shape index (κ2) is 7.13. The normalized spacial score (nSPS) is 14.2. The molecule has 4 heteroatoms. The van der Waals surface area contributed by atoms with Crippen LogP contribution in [0.4, 0.5) is 0 Å². The van der Waals surface area contributed by atoms with E-state index in [0.717, 1.165) is 5.56 Å². The van der Waals surface area contributed by atoms with Crippen molar-refractivity contribution in [3.63, 3.8) is 0 Å². The molecule has 3 N–H and O–H groups in total. The molecular formula is C14H21NO3. The van der Waals surface area contributed by atoms with E-state index in [9.17, 15) is 4.79 Å². The van der Waals surface area contributed by atoms with Gasteiger partial charge in [-0.25, -0.2) is 4.79 Å². The Morgan fingerprint density at radius 2 is 2.00 bits per heavy atom. The summed E-state index contributed by atoms with van der Waals surface area (Å²) in [7, 11) is 0. The summed E-state index contributed by atoms with van der Waals surface area (Å²) in [6.07, 6.45) is 0.131. The highest BCUT2D eigenvalue weighted by molar-refractivity contribution is 5.72. The van der Waals surface area contributed by atoms with Crippen LogP contribution in [0.15, 0.2) is 24.3 Å². The third-order valence-corrected chi connectivity index (χ3v) is 2.82. The van der Waals surface area contributed by atoms with Gasteiger partial charge in [0.25, 0.3) is 0 Å². The van der Waals surface area contributed by atoms with Gasteiger partial charge in [-0.15, -0.1) is 0 Å². The molecule has 0 aliphatic carbocycles. The second-order valence-electron chi connectivity index (χ2n) is 4.53. The van der Waals surface area contributed by atoms with Crippen molar-refractivity contribution in [3.05, 3.63) is 35.4 Å². The van der Waals surface area contributed by atoms with Crippen LogP contribution in [0, 0.1) is 6.92 Å². The van der Waals surface area contributed by atoms with Crippen LogP contribution in [0.1, 0.15) is 24.5 Å². The van der Waals surface area contributed by atoms with E-state index < -0.39 is 12.1 Å². The van der Waals surface area contributed by atoms with Gasteiger partial charge in [0, 0.05) is 6.54 Å². The Bertz CT molecular complexity index is 375. The summed E-state index contributed by atoms with van der Waals surface area (Å²) in [5.74, 6) is -0.928. The highest BCUT2D eigenvalue weighted by Crippen LogP contribution is 2.10. The number of carboxylic acid groups (broad SMARTS) is 1. The molecule has 0 heterocycles. The van der Waals surface area contributed by atoms with Gasteiger partial charge in [-0.05, 0) is 32.3 Å². The summed E-state index contributed by atoms with van der Waals surface area (Å²) in [4.78, 5) is 11.1. The van der Waals surface area contributed by atoms with E-state index in [1.807, 2.05) is 31.2 Å². The summed E-state index contributed by atoms with van der Waals surface area (Å²) in [5.41, 5.74) is 7.74. The van der Waals surface area contributed by atoms with E-state index in [4.69, 9.17) is 15.6 Å². The zero-order valence-corrected chi connectivity index (χ0v) is 10.9. The molecule has 0 spiro atoms. The molecule has 4 nitrogen and oxygen atoms in total. The van der Waals surface area contributed by atoms with Gasteiger partial charge >= 0.3 is 5.97 Å². The first-order chi connectivity index (χ1) is 8.52. The fourth-order valence-electron chi connectivity index (χ4n) is 1.64. The minimum Gasteiger partial charge on any atom is -0.479 e. The molecular weight excluding hydrogens is 230 g/mol. The Balaban J connectivity index is 2.51. The van der Waals surface area contributed by atoms with Crippen LogP contribution in [0.25, 0.3) is 0 Å². The molecule has 0 amide bonds. The third kappa shape index (κ3) is 4.85. The number of nitrogens with two attached hydrogens (primary N) is 1. The number of ether oxygens (including phenoxy) is 1. The molecule has 0 bridgehead atoms. The molecule has 1 rings (SSSR count). The number of carboxylic acids is 1. The first-order valence-electron chi connectivity index (χ1n) is 6.16. The van der Waals surface area contributed by atoms with Gasteiger partial charge in [-0.3, -0.25) is 0 Å². The molecule has 0 saturated heterocycles. The van der Waals surface area contributed by atoms with Crippen molar-refractivity contribution in [2.24, 2.45) is 5.73 Å². The maximum Gasteiger partial charge on any atom is 0.332 e. The SMILES string of the molecule is Cc1ccc(CCC(OC(C)CN)C(=O)O)cc1. The van der Waals surface area contributed by atoms with Crippen molar-refractivity contribution in [3.8, 4) is 0 Å². The fourth-order valence-corrected chi connectivity index (χ4v) is 1.64. The average molecular weight is 251 g/mol. The lowest BCUT2D eigenvalue weighted by Gasteiger charge is -2.18. The molecule has 1 aromatic rings. The van der Waals surface area contributed by atoms with Gasteiger partial charge in [0.15, 0.2) is 6.10 Å². The quantitative estimate of drug-likeness (QED) is 0.774. The first kappa shape index (κ1) is 14.7. The monoisotopic (exact) mass is 251 g/mol. The molecule has 2 unspecified atom stereocenters. The van der Waals surface area contributed by atoms with E-state index in [1.165, 1.54) is 5.56 Å². The molecule has 1 aromatic carbocycles. The minimum atomic E-state index is -0.928. The topological polar surface area (TPSA) is 72.5 Å². The van der Waals surface area contributed by atoms with E-state index in [-0.39, 0.29) is 6.10 Å². The second-order valence-corrected chi connectivity index (χ2v) is 4.53. The number of rotatable bonds is 7. The molecule has 0 aliphatic heterocycles. The highest BCUT2D eigenvalue weighted by Gasteiger charge is 2.20. The van der Waals surface area contributed by atoms with E-state index in [0.29, 0.717) is 19.4 Å². The maximum atomic E-state index is 11.1. The Kier molecular flexibility index (Phi) is 5.82. The van der Waals surface area contributed by atoms with Gasteiger partial charge in [-0.2, -0.15) is 0 Å².